The van der Waals surface area contributed by atoms with Gasteiger partial charge in [-0.05, 0) is 37.1 Å². The smallest absolute Gasteiger partial charge is 0.320 e. The van der Waals surface area contributed by atoms with E-state index in [0.717, 1.165) is 24.2 Å². The third-order valence-electron chi connectivity index (χ3n) is 3.87. The van der Waals surface area contributed by atoms with E-state index >= 15 is 0 Å². The molecule has 0 saturated carbocycles. The van der Waals surface area contributed by atoms with Crippen LogP contribution in [0.3, 0.4) is 0 Å². The Bertz CT molecular complexity index is 533. The Morgan fingerprint density at radius 2 is 2.23 bits per heavy atom. The number of likely N-dealkylation sites (tertiary alicyclic amines) is 1. The van der Waals surface area contributed by atoms with Crippen LogP contribution in [-0.4, -0.2) is 48.1 Å². The van der Waals surface area contributed by atoms with Crippen LogP contribution in [-0.2, 0) is 16.1 Å². The fourth-order valence-electron chi connectivity index (χ4n) is 2.68. The third-order valence-corrected chi connectivity index (χ3v) is 3.87. The van der Waals surface area contributed by atoms with Crippen molar-refractivity contribution in [2.45, 2.75) is 31.8 Å². The number of aliphatic carboxylic acids is 1. The molecule has 2 N–H and O–H groups in total. The zero-order chi connectivity index (χ0) is 15.9. The van der Waals surface area contributed by atoms with Gasteiger partial charge in [0.05, 0.1) is 13.7 Å². The van der Waals surface area contributed by atoms with E-state index in [4.69, 9.17) is 4.74 Å². The number of carbonyl (C=O) groups excluding carboxylic acids is 1. The molecule has 1 amide bonds. The highest BCUT2D eigenvalue weighted by Gasteiger charge is 2.29. The predicted octanol–water partition coefficient (Wildman–Crippen LogP) is 1.25. The number of hydrogen-bond acceptors (Lipinski definition) is 4. The van der Waals surface area contributed by atoms with Gasteiger partial charge in [-0.15, -0.1) is 0 Å². The number of carboxylic acid groups (broad SMARTS) is 1. The maximum Gasteiger partial charge on any atom is 0.320 e. The van der Waals surface area contributed by atoms with Crippen molar-refractivity contribution in [3.63, 3.8) is 0 Å². The molecular weight excluding hydrogens is 284 g/mol. The number of piperidine rings is 1. The molecule has 0 aromatic heterocycles. The number of methoxy groups -OCH3 is 1. The highest BCUT2D eigenvalue weighted by molar-refractivity contribution is 5.80. The molecule has 120 valence electrons. The topological polar surface area (TPSA) is 78.9 Å². The third kappa shape index (κ3) is 4.46. The van der Waals surface area contributed by atoms with E-state index in [0.29, 0.717) is 19.5 Å². The maximum absolute atomic E-state index is 12.0. The van der Waals surface area contributed by atoms with Crippen LogP contribution in [0.2, 0.25) is 0 Å². The highest BCUT2D eigenvalue weighted by atomic mass is 16.5. The lowest BCUT2D eigenvalue weighted by molar-refractivity contribution is -0.145. The molecule has 1 atom stereocenters. The number of carbonyl (C=O) groups is 2. The van der Waals surface area contributed by atoms with Crippen LogP contribution < -0.4 is 10.1 Å². The van der Waals surface area contributed by atoms with Crippen LogP contribution in [0.1, 0.15) is 24.8 Å². The zero-order valence-corrected chi connectivity index (χ0v) is 12.7. The Hall–Kier alpha value is -2.08. The molecule has 6 nitrogen and oxygen atoms in total. The molecule has 1 aliphatic rings. The molecule has 22 heavy (non-hydrogen) atoms. The molecule has 1 aromatic carbocycles. The summed E-state index contributed by atoms with van der Waals surface area (Å²) in [6, 6.07) is 6.93. The first kappa shape index (κ1) is 16.3. The van der Waals surface area contributed by atoms with Crippen LogP contribution in [0.15, 0.2) is 24.3 Å². The number of carboxylic acids is 1. The largest absolute Gasteiger partial charge is 0.497 e. The molecule has 1 heterocycles. The molecule has 1 aromatic rings. The summed E-state index contributed by atoms with van der Waals surface area (Å²) in [7, 11) is 1.60. The predicted molar refractivity (Wildman–Crippen MR) is 81.7 cm³/mol. The number of nitrogens with zero attached hydrogens (tertiary/aromatic N) is 1. The van der Waals surface area contributed by atoms with Gasteiger partial charge in [0.15, 0.2) is 0 Å². The van der Waals surface area contributed by atoms with Crippen molar-refractivity contribution in [2.75, 3.05) is 20.2 Å². The molecule has 1 aliphatic heterocycles. The Morgan fingerprint density at radius 3 is 2.95 bits per heavy atom. The first-order chi connectivity index (χ1) is 10.6. The lowest BCUT2D eigenvalue weighted by atomic mass is 10.0. The minimum Gasteiger partial charge on any atom is -0.497 e. The molecule has 1 fully saturated rings. The Labute approximate surface area is 130 Å². The van der Waals surface area contributed by atoms with Gasteiger partial charge in [0.1, 0.15) is 11.8 Å². The van der Waals surface area contributed by atoms with Crippen LogP contribution >= 0.6 is 0 Å². The maximum atomic E-state index is 12.0. The SMILES string of the molecule is COc1cccc(CNC(=O)CN2CCCCC2C(=O)O)c1. The Morgan fingerprint density at radius 1 is 1.41 bits per heavy atom. The minimum absolute atomic E-state index is 0.126. The summed E-state index contributed by atoms with van der Waals surface area (Å²) in [4.78, 5) is 25.0. The lowest BCUT2D eigenvalue weighted by Crippen LogP contribution is -2.48. The van der Waals surface area contributed by atoms with Crippen molar-refractivity contribution in [3.05, 3.63) is 29.8 Å². The van der Waals surface area contributed by atoms with E-state index in [1.807, 2.05) is 24.3 Å². The summed E-state index contributed by atoms with van der Waals surface area (Å²) in [6.45, 7) is 1.19. The molecule has 1 saturated heterocycles. The van der Waals surface area contributed by atoms with Gasteiger partial charge in [-0.2, -0.15) is 0 Å². The second kappa shape index (κ2) is 7.79. The fraction of sp³-hybridized carbons (Fsp3) is 0.500. The van der Waals surface area contributed by atoms with Crippen molar-refractivity contribution < 1.29 is 19.4 Å². The summed E-state index contributed by atoms with van der Waals surface area (Å²) in [5.74, 6) is -0.259. The number of ether oxygens (including phenoxy) is 1. The van der Waals surface area contributed by atoms with E-state index < -0.39 is 12.0 Å². The molecule has 2 rings (SSSR count). The van der Waals surface area contributed by atoms with Gasteiger partial charge in [-0.3, -0.25) is 14.5 Å². The number of amides is 1. The molecule has 6 heteroatoms. The van der Waals surface area contributed by atoms with Gasteiger partial charge < -0.3 is 15.2 Å². The van der Waals surface area contributed by atoms with E-state index in [1.54, 1.807) is 12.0 Å². The van der Waals surface area contributed by atoms with Crippen molar-refractivity contribution in [1.82, 2.24) is 10.2 Å². The average Bonchev–Trinajstić information content (AvgIpc) is 2.53. The van der Waals surface area contributed by atoms with Crippen molar-refractivity contribution in [2.24, 2.45) is 0 Å². The zero-order valence-electron chi connectivity index (χ0n) is 12.7. The monoisotopic (exact) mass is 306 g/mol. The highest BCUT2D eigenvalue weighted by Crippen LogP contribution is 2.17. The number of nitrogens with one attached hydrogen (secondary N) is 1. The van der Waals surface area contributed by atoms with Crippen molar-refractivity contribution >= 4 is 11.9 Å². The van der Waals surface area contributed by atoms with Gasteiger partial charge in [0, 0.05) is 6.54 Å². The van der Waals surface area contributed by atoms with E-state index in [1.165, 1.54) is 0 Å². The summed E-state index contributed by atoms with van der Waals surface area (Å²) >= 11 is 0. The normalized spacial score (nSPS) is 18.7. The number of rotatable bonds is 6. The second-order valence-electron chi connectivity index (χ2n) is 5.45. The molecule has 1 unspecified atom stereocenters. The molecule has 0 spiro atoms. The number of hydrogen-bond donors (Lipinski definition) is 2. The summed E-state index contributed by atoms with van der Waals surface area (Å²) in [6.07, 6.45) is 2.45. The van der Waals surface area contributed by atoms with E-state index in [-0.39, 0.29) is 12.5 Å². The van der Waals surface area contributed by atoms with Crippen LogP contribution in [0.5, 0.6) is 5.75 Å². The standard InChI is InChI=1S/C16H22N2O4/c1-22-13-6-4-5-12(9-13)10-17-15(19)11-18-8-3-2-7-14(18)16(20)21/h4-6,9,14H,2-3,7-8,10-11H2,1H3,(H,17,19)(H,20,21). The Kier molecular flexibility index (Phi) is 5.77. The first-order valence-electron chi connectivity index (χ1n) is 7.46. The van der Waals surface area contributed by atoms with Crippen molar-refractivity contribution in [3.8, 4) is 5.75 Å². The quantitative estimate of drug-likeness (QED) is 0.827. The first-order valence-corrected chi connectivity index (χ1v) is 7.46. The lowest BCUT2D eigenvalue weighted by Gasteiger charge is -2.32. The molecule has 0 bridgehead atoms. The van der Waals surface area contributed by atoms with Gasteiger partial charge in [-0.25, -0.2) is 0 Å². The van der Waals surface area contributed by atoms with Crippen molar-refractivity contribution in [1.29, 1.82) is 0 Å². The molecule has 0 radical (unpaired) electrons. The van der Waals surface area contributed by atoms with E-state index in [2.05, 4.69) is 5.32 Å². The Balaban J connectivity index is 1.85. The number of benzene rings is 1. The average molecular weight is 306 g/mol. The van der Waals surface area contributed by atoms with Gasteiger partial charge in [0.2, 0.25) is 5.91 Å². The summed E-state index contributed by atoms with van der Waals surface area (Å²) in [5.41, 5.74) is 0.945. The summed E-state index contributed by atoms with van der Waals surface area (Å²) in [5, 5.41) is 12.0. The van der Waals surface area contributed by atoms with E-state index in [9.17, 15) is 14.7 Å². The molecular formula is C16H22N2O4. The van der Waals surface area contributed by atoms with Gasteiger partial charge in [0.25, 0.3) is 0 Å². The van der Waals surface area contributed by atoms with Crippen LogP contribution in [0.4, 0.5) is 0 Å². The molecule has 0 aliphatic carbocycles. The fourth-order valence-corrected chi connectivity index (χ4v) is 2.68. The van der Waals surface area contributed by atoms with Gasteiger partial charge in [-0.1, -0.05) is 18.6 Å². The van der Waals surface area contributed by atoms with Gasteiger partial charge >= 0.3 is 5.97 Å². The van der Waals surface area contributed by atoms with Crippen LogP contribution in [0, 0.1) is 0 Å². The minimum atomic E-state index is -0.847. The summed E-state index contributed by atoms with van der Waals surface area (Å²) < 4.78 is 5.14. The van der Waals surface area contributed by atoms with Crippen LogP contribution in [0.25, 0.3) is 0 Å². The second-order valence-corrected chi connectivity index (χ2v) is 5.45.